The molecule has 0 rings (SSSR count). The lowest BCUT2D eigenvalue weighted by Crippen LogP contribution is -2.27. The van der Waals surface area contributed by atoms with Crippen molar-refractivity contribution in [2.45, 2.75) is 240 Å². The summed E-state index contributed by atoms with van der Waals surface area (Å²) in [6, 6.07) is 0. The average molecular weight is 752 g/mol. The third-order valence-electron chi connectivity index (χ3n) is 11.2. The first-order valence-electron chi connectivity index (χ1n) is 23.6. The summed E-state index contributed by atoms with van der Waals surface area (Å²) in [5.41, 5.74) is 0. The van der Waals surface area contributed by atoms with Gasteiger partial charge in [0.25, 0.3) is 0 Å². The first-order chi connectivity index (χ1) is 26.0. The van der Waals surface area contributed by atoms with Gasteiger partial charge in [0.1, 0.15) is 0 Å². The molecule has 0 saturated carbocycles. The zero-order valence-corrected chi connectivity index (χ0v) is 36.3. The standard InChI is InChI=1S/C47H93NO5/c1-5-9-13-17-19-25-35-45(33-23-16-12-8-4)43-53-47(51)37-27-21-29-39-48(40-30-31-41-49)38-28-20-26-36-46(50)52-42-44(32-22-15-11-7-3)34-24-18-14-10-6-2/h44-45,49H,5-43H2,1-4H3. The second-order valence-corrected chi connectivity index (χ2v) is 16.4. The van der Waals surface area contributed by atoms with Crippen LogP contribution in [0.15, 0.2) is 0 Å². The van der Waals surface area contributed by atoms with E-state index >= 15 is 0 Å². The minimum Gasteiger partial charge on any atom is -0.465 e. The Balaban J connectivity index is 4.38. The number of hydrogen-bond donors (Lipinski definition) is 1. The fourth-order valence-electron chi connectivity index (χ4n) is 7.50. The van der Waals surface area contributed by atoms with Gasteiger partial charge < -0.3 is 19.5 Å². The lowest BCUT2D eigenvalue weighted by molar-refractivity contribution is -0.146. The fourth-order valence-corrected chi connectivity index (χ4v) is 7.50. The molecule has 0 amide bonds. The van der Waals surface area contributed by atoms with Crippen molar-refractivity contribution in [3.63, 3.8) is 0 Å². The molecule has 0 fully saturated rings. The fraction of sp³-hybridized carbons (Fsp3) is 0.957. The van der Waals surface area contributed by atoms with Crippen molar-refractivity contribution in [2.24, 2.45) is 11.8 Å². The molecule has 0 aromatic heterocycles. The number of carbonyl (C=O) groups is 2. The van der Waals surface area contributed by atoms with Gasteiger partial charge in [-0.05, 0) is 95.7 Å². The van der Waals surface area contributed by atoms with Gasteiger partial charge in [0.2, 0.25) is 0 Å². The first-order valence-corrected chi connectivity index (χ1v) is 23.6. The lowest BCUT2D eigenvalue weighted by Gasteiger charge is -2.22. The Morgan fingerprint density at radius 2 is 0.717 bits per heavy atom. The van der Waals surface area contributed by atoms with Crippen LogP contribution in [0.4, 0.5) is 0 Å². The molecule has 0 aromatic rings. The molecule has 0 aliphatic carbocycles. The quantitative estimate of drug-likeness (QED) is 0.0494. The molecule has 316 valence electrons. The summed E-state index contributed by atoms with van der Waals surface area (Å²) in [4.78, 5) is 27.7. The molecular weight excluding hydrogens is 659 g/mol. The number of aliphatic hydroxyl groups is 1. The molecule has 0 saturated heterocycles. The van der Waals surface area contributed by atoms with Crippen LogP contribution in [0.2, 0.25) is 0 Å². The van der Waals surface area contributed by atoms with Crippen molar-refractivity contribution in [2.75, 3.05) is 39.5 Å². The van der Waals surface area contributed by atoms with Crippen LogP contribution in [0.3, 0.4) is 0 Å². The van der Waals surface area contributed by atoms with E-state index < -0.39 is 0 Å². The molecule has 0 heterocycles. The Kier molecular flexibility index (Phi) is 41.1. The Hall–Kier alpha value is -1.14. The minimum atomic E-state index is -0.0202. The highest BCUT2D eigenvalue weighted by atomic mass is 16.5. The van der Waals surface area contributed by atoms with E-state index in [0.717, 1.165) is 71.0 Å². The van der Waals surface area contributed by atoms with Gasteiger partial charge >= 0.3 is 11.9 Å². The van der Waals surface area contributed by atoms with Gasteiger partial charge in [-0.1, -0.05) is 163 Å². The highest BCUT2D eigenvalue weighted by Crippen LogP contribution is 2.21. The number of rotatable bonds is 43. The maximum Gasteiger partial charge on any atom is 0.305 e. The molecule has 2 unspecified atom stereocenters. The number of hydrogen-bond acceptors (Lipinski definition) is 6. The van der Waals surface area contributed by atoms with Crippen molar-refractivity contribution >= 4 is 11.9 Å². The van der Waals surface area contributed by atoms with E-state index in [1.54, 1.807) is 0 Å². The second-order valence-electron chi connectivity index (χ2n) is 16.4. The van der Waals surface area contributed by atoms with E-state index in [-0.39, 0.29) is 18.5 Å². The van der Waals surface area contributed by atoms with Gasteiger partial charge in [-0.3, -0.25) is 9.59 Å². The topological polar surface area (TPSA) is 76.1 Å². The third kappa shape index (κ3) is 37.6. The molecule has 6 nitrogen and oxygen atoms in total. The average Bonchev–Trinajstić information content (AvgIpc) is 3.16. The molecule has 0 bridgehead atoms. The molecule has 0 aromatic carbocycles. The second kappa shape index (κ2) is 42.0. The lowest BCUT2D eigenvalue weighted by atomic mass is 9.95. The van der Waals surface area contributed by atoms with E-state index in [0.29, 0.717) is 37.9 Å². The number of aliphatic hydroxyl groups excluding tert-OH is 1. The molecule has 0 aliphatic rings. The number of esters is 2. The predicted octanol–water partition coefficient (Wildman–Crippen LogP) is 13.6. The molecule has 1 N–H and O–H groups in total. The van der Waals surface area contributed by atoms with Crippen molar-refractivity contribution in [1.82, 2.24) is 4.90 Å². The van der Waals surface area contributed by atoms with Gasteiger partial charge in [0.15, 0.2) is 0 Å². The van der Waals surface area contributed by atoms with Crippen LogP contribution in [0.25, 0.3) is 0 Å². The molecule has 53 heavy (non-hydrogen) atoms. The van der Waals surface area contributed by atoms with E-state index in [1.165, 1.54) is 148 Å². The van der Waals surface area contributed by atoms with Crippen LogP contribution in [-0.2, 0) is 19.1 Å². The highest BCUT2D eigenvalue weighted by Gasteiger charge is 2.14. The predicted molar refractivity (Wildman–Crippen MR) is 227 cm³/mol. The van der Waals surface area contributed by atoms with Gasteiger partial charge in [-0.15, -0.1) is 0 Å². The number of unbranched alkanes of at least 4 members (excludes halogenated alkanes) is 20. The molecule has 2 atom stereocenters. The molecule has 0 radical (unpaired) electrons. The monoisotopic (exact) mass is 752 g/mol. The normalized spacial score (nSPS) is 12.7. The van der Waals surface area contributed by atoms with Gasteiger partial charge in [-0.25, -0.2) is 0 Å². The van der Waals surface area contributed by atoms with Gasteiger partial charge in [0, 0.05) is 19.4 Å². The Bertz CT molecular complexity index is 761. The van der Waals surface area contributed by atoms with Crippen LogP contribution < -0.4 is 0 Å². The number of ether oxygens (including phenoxy) is 2. The maximum absolute atomic E-state index is 12.6. The molecule has 0 spiro atoms. The summed E-state index contributed by atoms with van der Waals surface area (Å²) in [7, 11) is 0. The summed E-state index contributed by atoms with van der Waals surface area (Å²) >= 11 is 0. The van der Waals surface area contributed by atoms with Gasteiger partial charge in [-0.2, -0.15) is 0 Å². The van der Waals surface area contributed by atoms with Crippen molar-refractivity contribution in [1.29, 1.82) is 0 Å². The van der Waals surface area contributed by atoms with Crippen LogP contribution in [0.5, 0.6) is 0 Å². The van der Waals surface area contributed by atoms with Crippen LogP contribution in [-0.4, -0.2) is 61.4 Å². The minimum absolute atomic E-state index is 0.0188. The van der Waals surface area contributed by atoms with Crippen molar-refractivity contribution in [3.05, 3.63) is 0 Å². The number of carbonyl (C=O) groups excluding carboxylic acids is 2. The zero-order valence-electron chi connectivity index (χ0n) is 36.3. The maximum atomic E-state index is 12.6. The van der Waals surface area contributed by atoms with E-state index in [9.17, 15) is 14.7 Å². The molecular formula is C47H93NO5. The third-order valence-corrected chi connectivity index (χ3v) is 11.2. The van der Waals surface area contributed by atoms with Crippen LogP contribution in [0.1, 0.15) is 240 Å². The largest absolute Gasteiger partial charge is 0.465 e. The Morgan fingerprint density at radius 3 is 1.08 bits per heavy atom. The summed E-state index contributed by atoms with van der Waals surface area (Å²) in [6.45, 7) is 13.6. The summed E-state index contributed by atoms with van der Waals surface area (Å²) in [6.07, 6.45) is 38.3. The Labute approximate surface area is 331 Å². The van der Waals surface area contributed by atoms with Crippen molar-refractivity contribution < 1.29 is 24.2 Å². The molecule has 0 aliphatic heterocycles. The Morgan fingerprint density at radius 1 is 0.415 bits per heavy atom. The van der Waals surface area contributed by atoms with Crippen LogP contribution in [0, 0.1) is 11.8 Å². The zero-order chi connectivity index (χ0) is 38.9. The summed E-state index contributed by atoms with van der Waals surface area (Å²) in [5, 5.41) is 9.31. The van der Waals surface area contributed by atoms with E-state index in [2.05, 4.69) is 32.6 Å². The number of nitrogens with zero attached hydrogens (tertiary/aromatic N) is 1. The van der Waals surface area contributed by atoms with E-state index in [1.807, 2.05) is 0 Å². The molecule has 6 heteroatoms. The summed E-state index contributed by atoms with van der Waals surface area (Å²) in [5.74, 6) is 1.00. The van der Waals surface area contributed by atoms with E-state index in [4.69, 9.17) is 9.47 Å². The van der Waals surface area contributed by atoms with Gasteiger partial charge in [0.05, 0.1) is 13.2 Å². The van der Waals surface area contributed by atoms with Crippen molar-refractivity contribution in [3.8, 4) is 0 Å². The summed E-state index contributed by atoms with van der Waals surface area (Å²) < 4.78 is 11.6. The SMILES string of the molecule is CCCCCCCCC(CCCCCC)COC(=O)CCCCCN(CCCCO)CCCCCC(=O)OCC(CCCCCC)CCCCCCC. The van der Waals surface area contributed by atoms with Crippen LogP contribution >= 0.6 is 0 Å². The first kappa shape index (κ1) is 51.9. The highest BCUT2D eigenvalue weighted by molar-refractivity contribution is 5.69. The smallest absolute Gasteiger partial charge is 0.305 e.